The van der Waals surface area contributed by atoms with E-state index in [1.165, 1.54) is 19.3 Å². The predicted octanol–water partition coefficient (Wildman–Crippen LogP) is 2.43. The van der Waals surface area contributed by atoms with E-state index in [2.05, 4.69) is 5.32 Å². The highest BCUT2D eigenvalue weighted by Crippen LogP contribution is 2.30. The molecule has 104 valence electrons. The van der Waals surface area contributed by atoms with Crippen LogP contribution in [-0.2, 0) is 9.59 Å². The molecule has 0 aromatic carbocycles. The molecule has 1 aliphatic carbocycles. The number of aliphatic carboxylic acids is 1. The van der Waals surface area contributed by atoms with Gasteiger partial charge in [-0.2, -0.15) is 0 Å². The number of hydrogen-bond donors (Lipinski definition) is 2. The third kappa shape index (κ3) is 5.52. The smallest absolute Gasteiger partial charge is 0.308 e. The van der Waals surface area contributed by atoms with E-state index in [1.807, 2.05) is 13.8 Å². The third-order valence-electron chi connectivity index (χ3n) is 3.66. The highest BCUT2D eigenvalue weighted by molar-refractivity contribution is 5.77. The lowest BCUT2D eigenvalue weighted by atomic mass is 9.82. The Hall–Kier alpha value is -1.06. The minimum Gasteiger partial charge on any atom is -0.481 e. The topological polar surface area (TPSA) is 66.4 Å². The molecule has 1 unspecified atom stereocenters. The zero-order valence-corrected chi connectivity index (χ0v) is 11.4. The van der Waals surface area contributed by atoms with Crippen LogP contribution >= 0.6 is 0 Å². The second kappa shape index (κ2) is 7.39. The average Bonchev–Trinajstić information content (AvgIpc) is 2.21. The zero-order chi connectivity index (χ0) is 13.5. The van der Waals surface area contributed by atoms with Gasteiger partial charge in [0, 0.05) is 13.0 Å². The second-order valence-corrected chi connectivity index (χ2v) is 5.80. The Kier molecular flexibility index (Phi) is 6.16. The van der Waals surface area contributed by atoms with Crippen LogP contribution in [0.3, 0.4) is 0 Å². The number of carbonyl (C=O) groups excluding carboxylic acids is 1. The summed E-state index contributed by atoms with van der Waals surface area (Å²) in [5.74, 6) is -0.225. The van der Waals surface area contributed by atoms with E-state index in [4.69, 9.17) is 5.11 Å². The molecule has 1 fully saturated rings. The molecule has 4 nitrogen and oxygen atoms in total. The van der Waals surface area contributed by atoms with E-state index < -0.39 is 11.9 Å². The summed E-state index contributed by atoms with van der Waals surface area (Å²) in [4.78, 5) is 22.6. The van der Waals surface area contributed by atoms with E-state index in [0.29, 0.717) is 18.8 Å². The van der Waals surface area contributed by atoms with Crippen LogP contribution in [-0.4, -0.2) is 23.5 Å². The van der Waals surface area contributed by atoms with Crippen molar-refractivity contribution in [3.8, 4) is 0 Å². The molecule has 0 aromatic heterocycles. The average molecular weight is 255 g/mol. The van der Waals surface area contributed by atoms with Gasteiger partial charge in [-0.25, -0.2) is 0 Å². The van der Waals surface area contributed by atoms with Crippen LogP contribution in [0.4, 0.5) is 0 Å². The van der Waals surface area contributed by atoms with Gasteiger partial charge in [-0.1, -0.05) is 33.1 Å². The van der Waals surface area contributed by atoms with Crippen molar-refractivity contribution >= 4 is 11.9 Å². The molecule has 1 aliphatic rings. The van der Waals surface area contributed by atoms with Crippen molar-refractivity contribution in [1.29, 1.82) is 0 Å². The number of carboxylic acids is 1. The van der Waals surface area contributed by atoms with Gasteiger partial charge in [-0.3, -0.25) is 9.59 Å². The van der Waals surface area contributed by atoms with E-state index in [1.54, 1.807) is 0 Å². The lowest BCUT2D eigenvalue weighted by Crippen LogP contribution is -2.34. The van der Waals surface area contributed by atoms with Crippen molar-refractivity contribution in [2.24, 2.45) is 17.8 Å². The lowest BCUT2D eigenvalue weighted by molar-refractivity contribution is -0.142. The highest BCUT2D eigenvalue weighted by atomic mass is 16.4. The Bertz CT molecular complexity index is 285. The van der Waals surface area contributed by atoms with Crippen molar-refractivity contribution in [2.75, 3.05) is 6.54 Å². The Morgan fingerprint density at radius 2 is 2.00 bits per heavy atom. The molecule has 0 saturated heterocycles. The van der Waals surface area contributed by atoms with Gasteiger partial charge in [0.05, 0.1) is 5.92 Å². The largest absolute Gasteiger partial charge is 0.481 e. The van der Waals surface area contributed by atoms with Crippen molar-refractivity contribution < 1.29 is 14.7 Å². The van der Waals surface area contributed by atoms with E-state index in [-0.39, 0.29) is 12.5 Å². The Morgan fingerprint density at radius 3 is 2.44 bits per heavy atom. The molecule has 0 heterocycles. The summed E-state index contributed by atoms with van der Waals surface area (Å²) in [5.41, 5.74) is 0. The fourth-order valence-corrected chi connectivity index (χ4v) is 2.28. The lowest BCUT2D eigenvalue weighted by Gasteiger charge is -2.24. The summed E-state index contributed by atoms with van der Waals surface area (Å²) < 4.78 is 0. The fraction of sp³-hybridized carbons (Fsp3) is 0.857. The van der Waals surface area contributed by atoms with Gasteiger partial charge >= 0.3 is 5.97 Å². The molecular weight excluding hydrogens is 230 g/mol. The van der Waals surface area contributed by atoms with Gasteiger partial charge in [-0.15, -0.1) is 0 Å². The highest BCUT2D eigenvalue weighted by Gasteiger charge is 2.21. The molecule has 0 spiro atoms. The molecule has 18 heavy (non-hydrogen) atoms. The monoisotopic (exact) mass is 255 g/mol. The summed E-state index contributed by atoms with van der Waals surface area (Å²) in [6.45, 7) is 4.25. The van der Waals surface area contributed by atoms with Crippen LogP contribution in [0.2, 0.25) is 0 Å². The molecule has 0 aliphatic heterocycles. The summed E-state index contributed by atoms with van der Waals surface area (Å²) in [6, 6.07) is 0. The van der Waals surface area contributed by atoms with E-state index >= 15 is 0 Å². The maximum atomic E-state index is 11.6. The van der Waals surface area contributed by atoms with Crippen molar-refractivity contribution in [1.82, 2.24) is 5.32 Å². The van der Waals surface area contributed by atoms with Gasteiger partial charge < -0.3 is 10.4 Å². The predicted molar refractivity (Wildman–Crippen MR) is 70.2 cm³/mol. The van der Waals surface area contributed by atoms with Crippen LogP contribution in [0.15, 0.2) is 0 Å². The molecule has 1 atom stereocenters. The quantitative estimate of drug-likeness (QED) is 0.700. The SMILES string of the molecule is CC(C)CC(CNC(=O)CCC1CCC1)C(=O)O. The van der Waals surface area contributed by atoms with Crippen molar-refractivity contribution in [3.63, 3.8) is 0 Å². The van der Waals surface area contributed by atoms with Gasteiger partial charge in [-0.05, 0) is 24.7 Å². The fourth-order valence-electron chi connectivity index (χ4n) is 2.28. The van der Waals surface area contributed by atoms with Crippen molar-refractivity contribution in [2.45, 2.75) is 52.4 Å². The maximum absolute atomic E-state index is 11.6. The molecule has 0 aromatic rings. The summed E-state index contributed by atoms with van der Waals surface area (Å²) in [6.07, 6.45) is 5.89. The third-order valence-corrected chi connectivity index (χ3v) is 3.66. The Balaban J connectivity index is 2.18. The summed E-state index contributed by atoms with van der Waals surface area (Å²) in [5, 5.41) is 11.8. The first-order chi connectivity index (χ1) is 8.49. The van der Waals surface area contributed by atoms with Crippen LogP contribution in [0, 0.1) is 17.8 Å². The second-order valence-electron chi connectivity index (χ2n) is 5.80. The van der Waals surface area contributed by atoms with Crippen LogP contribution in [0.1, 0.15) is 52.4 Å². The Morgan fingerprint density at radius 1 is 1.33 bits per heavy atom. The molecule has 0 bridgehead atoms. The van der Waals surface area contributed by atoms with E-state index in [9.17, 15) is 9.59 Å². The minimum absolute atomic E-state index is 0.00286. The molecule has 1 rings (SSSR count). The zero-order valence-electron chi connectivity index (χ0n) is 11.4. The number of amides is 1. The standard InChI is InChI=1S/C14H25NO3/c1-10(2)8-12(14(17)18)9-15-13(16)7-6-11-4-3-5-11/h10-12H,3-9H2,1-2H3,(H,15,16)(H,17,18). The van der Waals surface area contributed by atoms with Gasteiger partial charge in [0.15, 0.2) is 0 Å². The number of hydrogen-bond acceptors (Lipinski definition) is 2. The van der Waals surface area contributed by atoms with Crippen LogP contribution in [0.25, 0.3) is 0 Å². The maximum Gasteiger partial charge on any atom is 0.308 e. The van der Waals surface area contributed by atoms with Gasteiger partial charge in [0.2, 0.25) is 5.91 Å². The summed E-state index contributed by atoms with van der Waals surface area (Å²) in [7, 11) is 0. The molecular formula is C14H25NO3. The van der Waals surface area contributed by atoms with Gasteiger partial charge in [0.25, 0.3) is 0 Å². The summed E-state index contributed by atoms with van der Waals surface area (Å²) >= 11 is 0. The number of rotatable bonds is 8. The first-order valence-corrected chi connectivity index (χ1v) is 6.98. The first-order valence-electron chi connectivity index (χ1n) is 6.98. The normalized spacial score (nSPS) is 17.3. The van der Waals surface area contributed by atoms with Gasteiger partial charge in [0.1, 0.15) is 0 Å². The number of carbonyl (C=O) groups is 2. The molecule has 2 N–H and O–H groups in total. The molecule has 1 saturated carbocycles. The van der Waals surface area contributed by atoms with Crippen LogP contribution < -0.4 is 5.32 Å². The van der Waals surface area contributed by atoms with E-state index in [0.717, 1.165) is 12.3 Å². The minimum atomic E-state index is -0.817. The van der Waals surface area contributed by atoms with Crippen molar-refractivity contribution in [3.05, 3.63) is 0 Å². The molecule has 4 heteroatoms. The Labute approximate surface area is 109 Å². The molecule has 0 radical (unpaired) electrons. The number of carboxylic acid groups (broad SMARTS) is 1. The first kappa shape index (κ1) is 15.0. The number of nitrogens with one attached hydrogen (secondary N) is 1. The van der Waals surface area contributed by atoms with Crippen LogP contribution in [0.5, 0.6) is 0 Å². The molecule has 1 amide bonds.